The first kappa shape index (κ1) is 10.7. The Bertz CT molecular complexity index is 382. The second kappa shape index (κ2) is 5.38. The van der Waals surface area contributed by atoms with Crippen LogP contribution in [0.2, 0.25) is 5.15 Å². The molecule has 4 heteroatoms. The van der Waals surface area contributed by atoms with E-state index in [9.17, 15) is 0 Å². The van der Waals surface area contributed by atoms with Crippen molar-refractivity contribution < 1.29 is 5.11 Å². The van der Waals surface area contributed by atoms with E-state index in [1.54, 1.807) is 18.2 Å². The van der Waals surface area contributed by atoms with Gasteiger partial charge in [-0.15, -0.1) is 0 Å². The van der Waals surface area contributed by atoms with Crippen LogP contribution in [-0.4, -0.2) is 16.7 Å². The average molecular weight is 209 g/mol. The number of aromatic nitrogens is 1. The van der Waals surface area contributed by atoms with Gasteiger partial charge in [0, 0.05) is 18.4 Å². The zero-order valence-electron chi connectivity index (χ0n) is 7.44. The molecule has 3 nitrogen and oxygen atoms in total. The molecule has 0 aliphatic heterocycles. The standard InChI is InChI=1S/C10H9ClN2O/c11-10-9(3-1-2-4-14)5-8(6-12)7-13-10/h1,3,5,7,14H,2,4H2. The zero-order chi connectivity index (χ0) is 10.4. The van der Waals surface area contributed by atoms with Gasteiger partial charge < -0.3 is 5.11 Å². The maximum Gasteiger partial charge on any atom is 0.136 e. The molecule has 0 aliphatic rings. The monoisotopic (exact) mass is 208 g/mol. The summed E-state index contributed by atoms with van der Waals surface area (Å²) < 4.78 is 0. The van der Waals surface area contributed by atoms with Gasteiger partial charge >= 0.3 is 0 Å². The Hall–Kier alpha value is -1.37. The third-order valence-corrected chi connectivity index (χ3v) is 1.90. The predicted molar refractivity (Wildman–Crippen MR) is 54.7 cm³/mol. The fraction of sp³-hybridized carbons (Fsp3) is 0.200. The first-order chi connectivity index (χ1) is 6.77. The fourth-order valence-electron chi connectivity index (χ4n) is 0.928. The fourth-order valence-corrected chi connectivity index (χ4v) is 1.09. The minimum Gasteiger partial charge on any atom is -0.396 e. The lowest BCUT2D eigenvalue weighted by atomic mass is 10.2. The molecule has 14 heavy (non-hydrogen) atoms. The highest BCUT2D eigenvalue weighted by molar-refractivity contribution is 6.30. The molecule has 0 atom stereocenters. The number of nitrogens with zero attached hydrogens (tertiary/aromatic N) is 2. The summed E-state index contributed by atoms with van der Waals surface area (Å²) in [5.41, 5.74) is 1.16. The molecular formula is C10H9ClN2O. The number of hydrogen-bond donors (Lipinski definition) is 1. The number of halogens is 1. The summed E-state index contributed by atoms with van der Waals surface area (Å²) >= 11 is 5.80. The first-order valence-corrected chi connectivity index (χ1v) is 4.48. The Morgan fingerprint density at radius 2 is 2.43 bits per heavy atom. The van der Waals surface area contributed by atoms with E-state index in [0.29, 0.717) is 22.7 Å². The molecule has 0 unspecified atom stereocenters. The maximum absolute atomic E-state index is 8.63. The lowest BCUT2D eigenvalue weighted by Crippen LogP contribution is -1.84. The highest BCUT2D eigenvalue weighted by Crippen LogP contribution is 2.15. The van der Waals surface area contributed by atoms with Crippen LogP contribution in [0.4, 0.5) is 0 Å². The van der Waals surface area contributed by atoms with Gasteiger partial charge in [-0.2, -0.15) is 5.26 Å². The Morgan fingerprint density at radius 3 is 3.07 bits per heavy atom. The van der Waals surface area contributed by atoms with E-state index in [0.717, 1.165) is 0 Å². The molecule has 0 bridgehead atoms. The van der Waals surface area contributed by atoms with E-state index < -0.39 is 0 Å². The molecule has 1 N–H and O–H groups in total. The normalized spacial score (nSPS) is 10.4. The van der Waals surface area contributed by atoms with E-state index in [1.165, 1.54) is 6.20 Å². The second-order valence-corrected chi connectivity index (χ2v) is 2.99. The molecule has 1 aromatic heterocycles. The first-order valence-electron chi connectivity index (χ1n) is 4.11. The van der Waals surface area contributed by atoms with Crippen LogP contribution in [0.25, 0.3) is 6.08 Å². The Labute approximate surface area is 87.3 Å². The molecule has 0 amide bonds. The Balaban J connectivity index is 2.90. The van der Waals surface area contributed by atoms with Crippen LogP contribution < -0.4 is 0 Å². The molecule has 0 spiro atoms. The summed E-state index contributed by atoms with van der Waals surface area (Å²) in [6, 6.07) is 3.64. The number of rotatable bonds is 3. The summed E-state index contributed by atoms with van der Waals surface area (Å²) in [4.78, 5) is 3.86. The van der Waals surface area contributed by atoms with E-state index in [2.05, 4.69) is 4.98 Å². The van der Waals surface area contributed by atoms with Crippen molar-refractivity contribution in [1.29, 1.82) is 5.26 Å². The van der Waals surface area contributed by atoms with E-state index in [-0.39, 0.29) is 6.61 Å². The molecule has 1 rings (SSSR count). The van der Waals surface area contributed by atoms with Gasteiger partial charge in [0.15, 0.2) is 0 Å². The van der Waals surface area contributed by atoms with Gasteiger partial charge in [-0.3, -0.25) is 0 Å². The Kier molecular flexibility index (Phi) is 4.11. The van der Waals surface area contributed by atoms with Gasteiger partial charge in [0.25, 0.3) is 0 Å². The van der Waals surface area contributed by atoms with E-state index in [1.807, 2.05) is 6.07 Å². The van der Waals surface area contributed by atoms with Crippen molar-refractivity contribution in [2.75, 3.05) is 6.61 Å². The summed E-state index contributed by atoms with van der Waals surface area (Å²) in [7, 11) is 0. The van der Waals surface area contributed by atoms with Crippen LogP contribution in [0.1, 0.15) is 17.5 Å². The maximum atomic E-state index is 8.63. The van der Waals surface area contributed by atoms with Crippen LogP contribution in [0.3, 0.4) is 0 Å². The molecule has 0 saturated carbocycles. The number of aliphatic hydroxyl groups is 1. The SMILES string of the molecule is N#Cc1cnc(Cl)c(C=CCCO)c1. The lowest BCUT2D eigenvalue weighted by Gasteiger charge is -1.96. The molecule has 1 heterocycles. The quantitative estimate of drug-likeness (QED) is 0.773. The molecule has 0 aromatic carbocycles. The van der Waals surface area contributed by atoms with Crippen molar-refractivity contribution in [3.63, 3.8) is 0 Å². The minimum absolute atomic E-state index is 0.0967. The van der Waals surface area contributed by atoms with Crippen molar-refractivity contribution in [2.45, 2.75) is 6.42 Å². The molecule has 0 saturated heterocycles. The van der Waals surface area contributed by atoms with Gasteiger partial charge in [0.1, 0.15) is 11.2 Å². The van der Waals surface area contributed by atoms with Gasteiger partial charge in [-0.25, -0.2) is 4.98 Å². The average Bonchev–Trinajstić information content (AvgIpc) is 2.21. The zero-order valence-corrected chi connectivity index (χ0v) is 8.20. The summed E-state index contributed by atoms with van der Waals surface area (Å²) in [6.07, 6.45) is 5.51. The highest BCUT2D eigenvalue weighted by atomic mass is 35.5. The topological polar surface area (TPSA) is 56.9 Å². The van der Waals surface area contributed by atoms with Crippen molar-refractivity contribution in [2.24, 2.45) is 0 Å². The van der Waals surface area contributed by atoms with Gasteiger partial charge in [0.05, 0.1) is 5.56 Å². The number of hydrogen-bond acceptors (Lipinski definition) is 3. The van der Waals surface area contributed by atoms with Crippen LogP contribution in [0.15, 0.2) is 18.3 Å². The van der Waals surface area contributed by atoms with Gasteiger partial charge in [0.2, 0.25) is 0 Å². The molecular weight excluding hydrogens is 200 g/mol. The van der Waals surface area contributed by atoms with Crippen molar-refractivity contribution in [3.8, 4) is 6.07 Å². The number of aliphatic hydroxyl groups excluding tert-OH is 1. The second-order valence-electron chi connectivity index (χ2n) is 2.63. The van der Waals surface area contributed by atoms with Crippen molar-refractivity contribution in [1.82, 2.24) is 4.98 Å². The third kappa shape index (κ3) is 2.84. The molecule has 1 aromatic rings. The van der Waals surface area contributed by atoms with Crippen molar-refractivity contribution in [3.05, 3.63) is 34.6 Å². The smallest absolute Gasteiger partial charge is 0.136 e. The number of nitriles is 1. The van der Waals surface area contributed by atoms with Crippen LogP contribution in [0.5, 0.6) is 0 Å². The van der Waals surface area contributed by atoms with E-state index >= 15 is 0 Å². The van der Waals surface area contributed by atoms with Crippen LogP contribution in [-0.2, 0) is 0 Å². The minimum atomic E-state index is 0.0967. The van der Waals surface area contributed by atoms with E-state index in [4.69, 9.17) is 22.0 Å². The summed E-state index contributed by atoms with van der Waals surface area (Å²) in [6.45, 7) is 0.0967. The largest absolute Gasteiger partial charge is 0.396 e. The molecule has 0 aliphatic carbocycles. The molecule has 0 fully saturated rings. The lowest BCUT2D eigenvalue weighted by molar-refractivity contribution is 0.303. The van der Waals surface area contributed by atoms with Crippen LogP contribution >= 0.6 is 11.6 Å². The molecule has 0 radical (unpaired) electrons. The van der Waals surface area contributed by atoms with Crippen LogP contribution in [0, 0.1) is 11.3 Å². The summed E-state index contributed by atoms with van der Waals surface area (Å²) in [5, 5.41) is 17.5. The highest BCUT2D eigenvalue weighted by Gasteiger charge is 1.99. The predicted octanol–water partition coefficient (Wildman–Crippen LogP) is 2.00. The summed E-state index contributed by atoms with van der Waals surface area (Å²) in [5.74, 6) is 0. The van der Waals surface area contributed by atoms with Gasteiger partial charge in [-0.05, 0) is 12.5 Å². The van der Waals surface area contributed by atoms with Gasteiger partial charge in [-0.1, -0.05) is 23.8 Å². The van der Waals surface area contributed by atoms with Crippen molar-refractivity contribution >= 4 is 17.7 Å². The number of pyridine rings is 1. The Morgan fingerprint density at radius 1 is 1.64 bits per heavy atom. The molecule has 72 valence electrons. The third-order valence-electron chi connectivity index (χ3n) is 1.59.